The lowest BCUT2D eigenvalue weighted by molar-refractivity contribution is -0.147. The molecule has 2 N–H and O–H groups in total. The van der Waals surface area contributed by atoms with E-state index in [4.69, 9.17) is 4.74 Å². The third-order valence-corrected chi connectivity index (χ3v) is 6.82. The number of aliphatic carboxylic acids is 1. The molecular formula is C20H27NO5S. The van der Waals surface area contributed by atoms with E-state index in [1.54, 1.807) is 6.92 Å². The van der Waals surface area contributed by atoms with E-state index in [0.29, 0.717) is 29.3 Å². The van der Waals surface area contributed by atoms with Gasteiger partial charge in [0.2, 0.25) is 5.91 Å². The van der Waals surface area contributed by atoms with E-state index in [0.717, 1.165) is 42.5 Å². The minimum Gasteiger partial charge on any atom is -0.481 e. The number of rotatable bonds is 5. The molecule has 1 heterocycles. The number of thiophene rings is 1. The predicted octanol–water partition coefficient (Wildman–Crippen LogP) is 3.88. The number of hydrogen-bond donors (Lipinski definition) is 2. The molecule has 3 unspecified atom stereocenters. The van der Waals surface area contributed by atoms with Crippen LogP contribution >= 0.6 is 11.3 Å². The molecule has 7 heteroatoms. The summed E-state index contributed by atoms with van der Waals surface area (Å²) in [4.78, 5) is 38.1. The van der Waals surface area contributed by atoms with Crippen molar-refractivity contribution in [2.45, 2.75) is 58.8 Å². The number of carboxylic acid groups (broad SMARTS) is 1. The number of esters is 1. The smallest absolute Gasteiger partial charge is 0.341 e. The maximum absolute atomic E-state index is 12.9. The Morgan fingerprint density at radius 3 is 2.56 bits per heavy atom. The van der Waals surface area contributed by atoms with Crippen molar-refractivity contribution in [3.05, 3.63) is 16.0 Å². The van der Waals surface area contributed by atoms with Crippen molar-refractivity contribution in [1.82, 2.24) is 0 Å². The molecule has 1 aromatic rings. The van der Waals surface area contributed by atoms with Crippen molar-refractivity contribution >= 4 is 34.2 Å². The molecular weight excluding hydrogens is 366 g/mol. The first-order chi connectivity index (χ1) is 12.9. The maximum Gasteiger partial charge on any atom is 0.341 e. The van der Waals surface area contributed by atoms with Gasteiger partial charge in [-0.25, -0.2) is 4.79 Å². The summed E-state index contributed by atoms with van der Waals surface area (Å²) < 4.78 is 5.23. The summed E-state index contributed by atoms with van der Waals surface area (Å²) in [5.74, 6) is -2.27. The first kappa shape index (κ1) is 19.9. The Hall–Kier alpha value is -1.89. The number of fused-ring (bicyclic) bond motifs is 1. The molecule has 0 aliphatic heterocycles. The Labute approximate surface area is 163 Å². The summed E-state index contributed by atoms with van der Waals surface area (Å²) in [5.41, 5.74) is 1.46. The molecule has 0 spiro atoms. The average molecular weight is 394 g/mol. The van der Waals surface area contributed by atoms with Gasteiger partial charge < -0.3 is 15.2 Å². The quantitative estimate of drug-likeness (QED) is 0.741. The fourth-order valence-electron chi connectivity index (χ4n) is 4.20. The lowest BCUT2D eigenvalue weighted by Gasteiger charge is -2.27. The molecule has 2 aliphatic carbocycles. The van der Waals surface area contributed by atoms with Gasteiger partial charge in [-0.2, -0.15) is 0 Å². The van der Waals surface area contributed by atoms with Crippen molar-refractivity contribution in [3.8, 4) is 0 Å². The van der Waals surface area contributed by atoms with Crippen LogP contribution in [0.4, 0.5) is 5.00 Å². The number of hydrogen-bond acceptors (Lipinski definition) is 5. The van der Waals surface area contributed by atoms with Gasteiger partial charge >= 0.3 is 11.9 Å². The van der Waals surface area contributed by atoms with Crippen LogP contribution < -0.4 is 5.32 Å². The highest BCUT2D eigenvalue weighted by Crippen LogP contribution is 2.41. The number of nitrogens with one attached hydrogen (secondary N) is 1. The van der Waals surface area contributed by atoms with Crippen LogP contribution in [0.2, 0.25) is 0 Å². The van der Waals surface area contributed by atoms with E-state index in [1.165, 1.54) is 11.3 Å². The van der Waals surface area contributed by atoms with E-state index < -0.39 is 23.8 Å². The van der Waals surface area contributed by atoms with Gasteiger partial charge in [0.1, 0.15) is 5.00 Å². The number of carboxylic acids is 1. The summed E-state index contributed by atoms with van der Waals surface area (Å²) >= 11 is 1.44. The van der Waals surface area contributed by atoms with E-state index >= 15 is 0 Å². The highest BCUT2D eigenvalue weighted by atomic mass is 32.1. The van der Waals surface area contributed by atoms with Gasteiger partial charge in [-0.1, -0.05) is 19.8 Å². The van der Waals surface area contributed by atoms with E-state index in [-0.39, 0.29) is 12.5 Å². The summed E-state index contributed by atoms with van der Waals surface area (Å²) in [5, 5.41) is 12.9. The highest BCUT2D eigenvalue weighted by molar-refractivity contribution is 7.17. The lowest BCUT2D eigenvalue weighted by Crippen LogP contribution is -2.36. The fourth-order valence-corrected chi connectivity index (χ4v) is 5.60. The molecule has 1 fully saturated rings. The molecule has 3 atom stereocenters. The van der Waals surface area contributed by atoms with Crippen molar-refractivity contribution in [1.29, 1.82) is 0 Å². The van der Waals surface area contributed by atoms with Crippen LogP contribution in [0.3, 0.4) is 0 Å². The zero-order valence-electron chi connectivity index (χ0n) is 15.9. The zero-order chi connectivity index (χ0) is 19.6. The number of ether oxygens (including phenoxy) is 1. The second-order valence-electron chi connectivity index (χ2n) is 7.60. The summed E-state index contributed by atoms with van der Waals surface area (Å²) in [6.45, 7) is 4.22. The second kappa shape index (κ2) is 8.42. The summed E-state index contributed by atoms with van der Waals surface area (Å²) in [6.07, 6.45) is 5.48. The molecule has 0 saturated heterocycles. The fraction of sp³-hybridized carbons (Fsp3) is 0.650. The van der Waals surface area contributed by atoms with Crippen LogP contribution in [0.25, 0.3) is 0 Å². The van der Waals surface area contributed by atoms with Gasteiger partial charge in [0.15, 0.2) is 0 Å². The summed E-state index contributed by atoms with van der Waals surface area (Å²) in [7, 11) is 0. The SMILES string of the molecule is CCOC(=O)c1c(NC(=O)C2CCCCC2C(=O)O)sc2c1CCC(C)C2. The van der Waals surface area contributed by atoms with Crippen LogP contribution in [-0.4, -0.2) is 29.6 Å². The molecule has 0 radical (unpaired) electrons. The third kappa shape index (κ3) is 4.18. The predicted molar refractivity (Wildman–Crippen MR) is 103 cm³/mol. The Bertz CT molecular complexity index is 741. The van der Waals surface area contributed by atoms with Gasteiger partial charge in [-0.15, -0.1) is 11.3 Å². The molecule has 0 bridgehead atoms. The van der Waals surface area contributed by atoms with Crippen LogP contribution in [0, 0.1) is 17.8 Å². The standard InChI is InChI=1S/C20H27NO5S/c1-3-26-20(25)16-14-9-8-11(2)10-15(14)27-18(16)21-17(22)12-6-4-5-7-13(12)19(23)24/h11-13H,3-10H2,1-2H3,(H,21,22)(H,23,24). The summed E-state index contributed by atoms with van der Waals surface area (Å²) in [6, 6.07) is 0. The molecule has 6 nitrogen and oxygen atoms in total. The molecule has 1 saturated carbocycles. The lowest BCUT2D eigenvalue weighted by atomic mass is 9.78. The molecule has 148 valence electrons. The third-order valence-electron chi connectivity index (χ3n) is 5.65. The Balaban J connectivity index is 1.88. The van der Waals surface area contributed by atoms with Crippen molar-refractivity contribution < 1.29 is 24.2 Å². The molecule has 1 aromatic heterocycles. The van der Waals surface area contributed by atoms with Crippen LogP contribution in [0.15, 0.2) is 0 Å². The highest BCUT2D eigenvalue weighted by Gasteiger charge is 2.37. The Kier molecular flexibility index (Phi) is 6.19. The normalized spacial score (nSPS) is 24.7. The number of carbonyl (C=O) groups excluding carboxylic acids is 2. The zero-order valence-corrected chi connectivity index (χ0v) is 16.7. The van der Waals surface area contributed by atoms with E-state index in [1.807, 2.05) is 0 Å². The van der Waals surface area contributed by atoms with Gasteiger partial charge in [-0.3, -0.25) is 9.59 Å². The van der Waals surface area contributed by atoms with Crippen LogP contribution in [0.1, 0.15) is 66.8 Å². The van der Waals surface area contributed by atoms with Crippen molar-refractivity contribution in [2.75, 3.05) is 11.9 Å². The van der Waals surface area contributed by atoms with Crippen molar-refractivity contribution in [2.24, 2.45) is 17.8 Å². The molecule has 27 heavy (non-hydrogen) atoms. The second-order valence-corrected chi connectivity index (χ2v) is 8.71. The first-order valence-corrected chi connectivity index (χ1v) is 10.6. The largest absolute Gasteiger partial charge is 0.481 e. The molecule has 2 aliphatic rings. The number of carbonyl (C=O) groups is 3. The van der Waals surface area contributed by atoms with Crippen LogP contribution in [-0.2, 0) is 27.2 Å². The average Bonchev–Trinajstić information content (AvgIpc) is 2.98. The molecule has 1 amide bonds. The van der Waals surface area contributed by atoms with Gasteiger partial charge in [0.05, 0.1) is 24.0 Å². The Morgan fingerprint density at radius 2 is 1.89 bits per heavy atom. The van der Waals surface area contributed by atoms with E-state index in [9.17, 15) is 19.5 Å². The minimum absolute atomic E-state index is 0.275. The number of amides is 1. The molecule has 0 aromatic carbocycles. The van der Waals surface area contributed by atoms with E-state index in [2.05, 4.69) is 12.2 Å². The topological polar surface area (TPSA) is 92.7 Å². The van der Waals surface area contributed by atoms with Gasteiger partial charge in [0, 0.05) is 4.88 Å². The molecule has 3 rings (SSSR count). The first-order valence-electron chi connectivity index (χ1n) is 9.77. The number of anilines is 1. The minimum atomic E-state index is -0.917. The van der Waals surface area contributed by atoms with Crippen LogP contribution in [0.5, 0.6) is 0 Å². The Morgan fingerprint density at radius 1 is 1.19 bits per heavy atom. The van der Waals surface area contributed by atoms with Crippen molar-refractivity contribution in [3.63, 3.8) is 0 Å². The van der Waals surface area contributed by atoms with Gasteiger partial charge in [-0.05, 0) is 50.5 Å². The van der Waals surface area contributed by atoms with Gasteiger partial charge in [0.25, 0.3) is 0 Å². The maximum atomic E-state index is 12.9. The monoisotopic (exact) mass is 393 g/mol.